The average Bonchev–Trinajstić information content (AvgIpc) is 2.45. The van der Waals surface area contributed by atoms with Gasteiger partial charge in [0.05, 0.1) is 0 Å². The highest BCUT2D eigenvalue weighted by atomic mass is 16.1. The van der Waals surface area contributed by atoms with E-state index in [-0.39, 0.29) is 11.3 Å². The second-order valence-corrected chi connectivity index (χ2v) is 7.29. The van der Waals surface area contributed by atoms with E-state index in [1.807, 2.05) is 12.1 Å². The zero-order chi connectivity index (χ0) is 15.5. The third-order valence-corrected chi connectivity index (χ3v) is 4.33. The summed E-state index contributed by atoms with van der Waals surface area (Å²) in [5.74, 6) is 0.591. The van der Waals surface area contributed by atoms with E-state index in [2.05, 4.69) is 50.5 Å². The minimum absolute atomic E-state index is 0.0362. The van der Waals surface area contributed by atoms with E-state index in [4.69, 9.17) is 0 Å². The van der Waals surface area contributed by atoms with Crippen LogP contribution < -0.4 is 10.6 Å². The molecule has 0 bridgehead atoms. The van der Waals surface area contributed by atoms with Crippen LogP contribution >= 0.6 is 0 Å². The van der Waals surface area contributed by atoms with Gasteiger partial charge in [0.1, 0.15) is 0 Å². The molecule has 1 aliphatic heterocycles. The fourth-order valence-corrected chi connectivity index (χ4v) is 2.69. The first-order valence-corrected chi connectivity index (χ1v) is 7.98. The second kappa shape index (κ2) is 6.61. The molecule has 2 atom stereocenters. The highest BCUT2D eigenvalue weighted by Gasteiger charge is 2.18. The van der Waals surface area contributed by atoms with Crippen molar-refractivity contribution in [1.29, 1.82) is 0 Å². The van der Waals surface area contributed by atoms with Gasteiger partial charge in [-0.3, -0.25) is 4.79 Å². The monoisotopic (exact) mass is 288 g/mol. The first kappa shape index (κ1) is 16.0. The third-order valence-electron chi connectivity index (χ3n) is 4.33. The van der Waals surface area contributed by atoms with E-state index < -0.39 is 0 Å². The van der Waals surface area contributed by atoms with Crippen molar-refractivity contribution in [2.45, 2.75) is 52.0 Å². The lowest BCUT2D eigenvalue weighted by Crippen LogP contribution is -2.41. The largest absolute Gasteiger partial charge is 0.352 e. The Kier molecular flexibility index (Phi) is 5.04. The maximum absolute atomic E-state index is 12.2. The van der Waals surface area contributed by atoms with Crippen molar-refractivity contribution in [1.82, 2.24) is 10.6 Å². The summed E-state index contributed by atoms with van der Waals surface area (Å²) in [6, 6.07) is 8.58. The standard InChI is InChI=1S/C18H28N2O/c1-13-5-6-14(11-19-13)12-20-17(21)15-7-9-16(10-8-15)18(2,3)4/h7-10,13-14,19H,5-6,11-12H2,1-4H3,(H,20,21). The summed E-state index contributed by atoms with van der Waals surface area (Å²) in [6.07, 6.45) is 2.39. The van der Waals surface area contributed by atoms with Gasteiger partial charge in [0.15, 0.2) is 0 Å². The number of benzene rings is 1. The van der Waals surface area contributed by atoms with E-state index in [9.17, 15) is 4.79 Å². The van der Waals surface area contributed by atoms with Crippen molar-refractivity contribution in [3.8, 4) is 0 Å². The number of carbonyl (C=O) groups excluding carboxylic acids is 1. The van der Waals surface area contributed by atoms with Gasteiger partial charge in [0.25, 0.3) is 5.91 Å². The Morgan fingerprint density at radius 2 is 1.90 bits per heavy atom. The van der Waals surface area contributed by atoms with Gasteiger partial charge in [-0.25, -0.2) is 0 Å². The summed E-state index contributed by atoms with van der Waals surface area (Å²) in [6.45, 7) is 10.5. The molecule has 0 radical (unpaired) electrons. The fourth-order valence-electron chi connectivity index (χ4n) is 2.69. The molecule has 1 fully saturated rings. The van der Waals surface area contributed by atoms with Gasteiger partial charge in [0.2, 0.25) is 0 Å². The van der Waals surface area contributed by atoms with Crippen LogP contribution in [0.1, 0.15) is 56.5 Å². The highest BCUT2D eigenvalue weighted by Crippen LogP contribution is 2.22. The van der Waals surface area contributed by atoms with Crippen LogP contribution in [-0.4, -0.2) is 25.0 Å². The maximum Gasteiger partial charge on any atom is 0.251 e. The topological polar surface area (TPSA) is 41.1 Å². The smallest absolute Gasteiger partial charge is 0.251 e. The van der Waals surface area contributed by atoms with Crippen LogP contribution in [0.15, 0.2) is 24.3 Å². The number of hydrogen-bond acceptors (Lipinski definition) is 2. The molecule has 0 saturated carbocycles. The van der Waals surface area contributed by atoms with Crippen LogP contribution in [0.5, 0.6) is 0 Å². The Bertz CT molecular complexity index is 465. The van der Waals surface area contributed by atoms with Crippen molar-refractivity contribution in [2.75, 3.05) is 13.1 Å². The van der Waals surface area contributed by atoms with E-state index >= 15 is 0 Å². The third kappa shape index (κ3) is 4.57. The number of amides is 1. The number of carbonyl (C=O) groups is 1. The van der Waals surface area contributed by atoms with Crippen LogP contribution in [0, 0.1) is 5.92 Å². The molecule has 1 aromatic carbocycles. The van der Waals surface area contributed by atoms with Gasteiger partial charge in [0, 0.05) is 18.2 Å². The van der Waals surface area contributed by atoms with E-state index in [1.54, 1.807) is 0 Å². The van der Waals surface area contributed by atoms with Crippen LogP contribution in [0.2, 0.25) is 0 Å². The molecule has 0 spiro atoms. The molecule has 3 nitrogen and oxygen atoms in total. The Morgan fingerprint density at radius 1 is 1.24 bits per heavy atom. The van der Waals surface area contributed by atoms with Gasteiger partial charge in [-0.2, -0.15) is 0 Å². The van der Waals surface area contributed by atoms with Crippen molar-refractivity contribution in [3.63, 3.8) is 0 Å². The summed E-state index contributed by atoms with van der Waals surface area (Å²) < 4.78 is 0. The van der Waals surface area contributed by atoms with Crippen molar-refractivity contribution in [2.24, 2.45) is 5.92 Å². The normalized spacial score (nSPS) is 22.9. The Labute approximate surface area is 128 Å². The summed E-state index contributed by atoms with van der Waals surface area (Å²) >= 11 is 0. The summed E-state index contributed by atoms with van der Waals surface area (Å²) in [5.41, 5.74) is 2.13. The molecular weight excluding hydrogens is 260 g/mol. The lowest BCUT2D eigenvalue weighted by atomic mass is 9.86. The van der Waals surface area contributed by atoms with Crippen LogP contribution in [-0.2, 0) is 5.41 Å². The summed E-state index contributed by atoms with van der Waals surface area (Å²) in [5, 5.41) is 6.53. The number of nitrogens with one attached hydrogen (secondary N) is 2. The molecule has 2 rings (SSSR count). The van der Waals surface area contributed by atoms with E-state index in [0.717, 1.165) is 18.7 Å². The number of rotatable bonds is 3. The number of hydrogen-bond donors (Lipinski definition) is 2. The molecular formula is C18H28N2O. The Hall–Kier alpha value is -1.35. The predicted molar refractivity (Wildman–Crippen MR) is 87.7 cm³/mol. The molecule has 0 aromatic heterocycles. The van der Waals surface area contributed by atoms with Gasteiger partial charge in [-0.1, -0.05) is 32.9 Å². The quantitative estimate of drug-likeness (QED) is 0.897. The van der Waals surface area contributed by atoms with Crippen molar-refractivity contribution in [3.05, 3.63) is 35.4 Å². The SMILES string of the molecule is CC1CCC(CNC(=O)c2ccc(C(C)(C)C)cc2)CN1. The van der Waals surface area contributed by atoms with Crippen LogP contribution in [0.3, 0.4) is 0 Å². The minimum atomic E-state index is 0.0362. The molecule has 3 heteroatoms. The van der Waals surface area contributed by atoms with Gasteiger partial charge in [-0.15, -0.1) is 0 Å². The van der Waals surface area contributed by atoms with E-state index in [0.29, 0.717) is 12.0 Å². The Morgan fingerprint density at radius 3 is 2.43 bits per heavy atom. The van der Waals surface area contributed by atoms with Crippen molar-refractivity contribution < 1.29 is 4.79 Å². The molecule has 116 valence electrons. The molecule has 1 heterocycles. The second-order valence-electron chi connectivity index (χ2n) is 7.29. The molecule has 1 aromatic rings. The zero-order valence-corrected chi connectivity index (χ0v) is 13.7. The van der Waals surface area contributed by atoms with Gasteiger partial charge >= 0.3 is 0 Å². The first-order chi connectivity index (χ1) is 9.86. The molecule has 2 unspecified atom stereocenters. The average molecular weight is 288 g/mol. The molecule has 1 aliphatic rings. The molecule has 0 aliphatic carbocycles. The summed E-state index contributed by atoms with van der Waals surface area (Å²) in [4.78, 5) is 12.2. The minimum Gasteiger partial charge on any atom is -0.352 e. The first-order valence-electron chi connectivity index (χ1n) is 7.98. The zero-order valence-electron chi connectivity index (χ0n) is 13.7. The summed E-state index contributed by atoms with van der Waals surface area (Å²) in [7, 11) is 0. The van der Waals surface area contributed by atoms with Crippen molar-refractivity contribution >= 4 is 5.91 Å². The lowest BCUT2D eigenvalue weighted by Gasteiger charge is -2.27. The fraction of sp³-hybridized carbons (Fsp3) is 0.611. The molecule has 1 saturated heterocycles. The molecule has 2 N–H and O–H groups in total. The number of piperidine rings is 1. The van der Waals surface area contributed by atoms with Crippen LogP contribution in [0.25, 0.3) is 0 Å². The van der Waals surface area contributed by atoms with Crippen LogP contribution in [0.4, 0.5) is 0 Å². The van der Waals surface area contributed by atoms with Gasteiger partial charge in [-0.05, 0) is 55.3 Å². The van der Waals surface area contributed by atoms with Gasteiger partial charge < -0.3 is 10.6 Å². The highest BCUT2D eigenvalue weighted by molar-refractivity contribution is 5.94. The molecule has 1 amide bonds. The predicted octanol–water partition coefficient (Wildman–Crippen LogP) is 3.10. The maximum atomic E-state index is 12.2. The lowest BCUT2D eigenvalue weighted by molar-refractivity contribution is 0.0944. The van der Waals surface area contributed by atoms with E-state index in [1.165, 1.54) is 18.4 Å². The molecule has 21 heavy (non-hydrogen) atoms. The Balaban J connectivity index is 1.86.